The number of nitro groups is 1. The van der Waals surface area contributed by atoms with Crippen LogP contribution in [-0.4, -0.2) is 137 Å². The Balaban J connectivity index is 1.09. The minimum Gasteiger partial charge on any atom is -0.379 e. The van der Waals surface area contributed by atoms with Crippen LogP contribution in [-0.2, 0) is 18.9 Å². The van der Waals surface area contributed by atoms with Gasteiger partial charge in [-0.05, 0) is 54.1 Å². The summed E-state index contributed by atoms with van der Waals surface area (Å²) in [6.07, 6.45) is 0. The number of nitrogens with zero attached hydrogens (tertiary/aromatic N) is 9. The molecular weight excluding hydrogens is 779 g/mol. The number of ether oxygens (including phenoxy) is 4. The van der Waals surface area contributed by atoms with Crippen LogP contribution in [0.2, 0.25) is 0 Å². The fourth-order valence-corrected chi connectivity index (χ4v) is 5.72. The predicted molar refractivity (Wildman–Crippen MR) is 224 cm³/mol. The molecule has 2 amide bonds. The largest absolute Gasteiger partial charge is 0.379 e. The van der Waals surface area contributed by atoms with Crippen LogP contribution in [0.25, 0.3) is 10.4 Å². The average Bonchev–Trinajstić information content (AvgIpc) is 3.28. The molecule has 2 heterocycles. The van der Waals surface area contributed by atoms with Gasteiger partial charge >= 0.3 is 0 Å². The first kappa shape index (κ1) is 44.5. The van der Waals surface area contributed by atoms with Gasteiger partial charge in [0.05, 0.1) is 57.8 Å². The first-order chi connectivity index (χ1) is 29.4. The number of benzene rings is 3. The van der Waals surface area contributed by atoms with Crippen molar-refractivity contribution in [2.24, 2.45) is 5.11 Å². The van der Waals surface area contributed by atoms with Gasteiger partial charge in [0.25, 0.3) is 17.5 Å². The van der Waals surface area contributed by atoms with Crippen molar-refractivity contribution < 1.29 is 33.5 Å². The van der Waals surface area contributed by atoms with E-state index >= 15 is 0 Å². The van der Waals surface area contributed by atoms with Gasteiger partial charge < -0.3 is 50.0 Å². The Labute approximate surface area is 346 Å². The van der Waals surface area contributed by atoms with E-state index in [9.17, 15) is 19.7 Å². The third-order valence-corrected chi connectivity index (χ3v) is 8.79. The smallest absolute Gasteiger partial charge is 0.269 e. The second-order valence-electron chi connectivity index (χ2n) is 12.9. The second kappa shape index (κ2) is 25.0. The molecule has 1 aromatic heterocycles. The molecule has 0 aliphatic carbocycles. The van der Waals surface area contributed by atoms with E-state index in [0.29, 0.717) is 133 Å². The van der Waals surface area contributed by atoms with Crippen molar-refractivity contribution in [1.29, 1.82) is 0 Å². The maximum atomic E-state index is 12.7. The molecule has 0 atom stereocenters. The number of rotatable bonds is 26. The zero-order chi connectivity index (χ0) is 42.2. The Morgan fingerprint density at radius 1 is 0.683 bits per heavy atom. The maximum absolute atomic E-state index is 12.7. The molecular formula is C39H49N13O8. The highest BCUT2D eigenvalue weighted by atomic mass is 16.6. The molecule has 21 heteroatoms. The highest BCUT2D eigenvalue weighted by Crippen LogP contribution is 2.23. The third-order valence-electron chi connectivity index (χ3n) is 8.79. The number of piperazine rings is 1. The molecule has 0 radical (unpaired) electrons. The van der Waals surface area contributed by atoms with Crippen LogP contribution in [0.4, 0.5) is 34.9 Å². The third kappa shape index (κ3) is 15.3. The molecule has 3 aromatic carbocycles. The van der Waals surface area contributed by atoms with Crippen LogP contribution in [0, 0.1) is 10.1 Å². The molecule has 0 spiro atoms. The molecule has 318 valence electrons. The summed E-state index contributed by atoms with van der Waals surface area (Å²) in [5.41, 5.74) is 10.9. The number of nitro benzene ring substituents is 1. The van der Waals surface area contributed by atoms with Gasteiger partial charge in [-0.2, -0.15) is 15.0 Å². The molecule has 1 saturated heterocycles. The molecule has 5 rings (SSSR count). The number of nitrogens with one attached hydrogen (secondary N) is 4. The van der Waals surface area contributed by atoms with E-state index in [4.69, 9.17) is 34.4 Å². The van der Waals surface area contributed by atoms with Crippen molar-refractivity contribution in [1.82, 2.24) is 25.6 Å². The number of anilines is 5. The van der Waals surface area contributed by atoms with Crippen LogP contribution in [0.3, 0.4) is 0 Å². The molecule has 4 N–H and O–H groups in total. The summed E-state index contributed by atoms with van der Waals surface area (Å²) >= 11 is 0. The van der Waals surface area contributed by atoms with Crippen molar-refractivity contribution in [3.63, 3.8) is 0 Å². The van der Waals surface area contributed by atoms with E-state index in [2.05, 4.69) is 41.2 Å². The minimum atomic E-state index is -0.414. The molecule has 4 aromatic rings. The standard InChI is InChI=1S/C39H49N13O8/c40-49-44-17-25-60-29-28-58-23-15-42-36(54)31-6-8-32(9-7-31)45-38-46-37(43-16-24-59-27-26-57-22-14-41-35(53)30-4-2-1-3-5-30)47-39(48-38)51-20-18-50(19-21-51)33-10-12-34(13-11-33)52(55)56/h1-13H,14-29H2,(H,41,53)(H,42,54)(H2,43,45,46,47,48). The Morgan fingerprint density at radius 2 is 1.23 bits per heavy atom. The summed E-state index contributed by atoms with van der Waals surface area (Å²) in [5.74, 6) is 0.699. The Morgan fingerprint density at radius 3 is 1.83 bits per heavy atom. The second-order valence-corrected chi connectivity index (χ2v) is 12.9. The summed E-state index contributed by atoms with van der Waals surface area (Å²) in [5, 5.41) is 26.6. The topological polar surface area (TPSA) is 256 Å². The SMILES string of the molecule is [N-]=[N+]=NCCOCCOCCNC(=O)c1ccc(Nc2nc(NCCOCCOCCNC(=O)c3ccccc3)nc(N3CCN(c4ccc([N+](=O)[O-])cc4)CC3)n2)cc1. The number of hydrogen-bond acceptors (Lipinski definition) is 16. The quantitative estimate of drug-likeness (QED) is 0.0175. The summed E-state index contributed by atoms with van der Waals surface area (Å²) in [7, 11) is 0. The Hall–Kier alpha value is -6.64. The molecule has 21 nitrogen and oxygen atoms in total. The highest BCUT2D eigenvalue weighted by Gasteiger charge is 2.22. The highest BCUT2D eigenvalue weighted by molar-refractivity contribution is 5.94. The summed E-state index contributed by atoms with van der Waals surface area (Å²) in [6, 6.07) is 22.4. The van der Waals surface area contributed by atoms with Crippen molar-refractivity contribution in [3.05, 3.63) is 111 Å². The van der Waals surface area contributed by atoms with E-state index in [-0.39, 0.29) is 24.0 Å². The lowest BCUT2D eigenvalue weighted by molar-refractivity contribution is -0.384. The van der Waals surface area contributed by atoms with Gasteiger partial charge in [-0.3, -0.25) is 19.7 Å². The van der Waals surface area contributed by atoms with Crippen molar-refractivity contribution in [2.45, 2.75) is 0 Å². The molecule has 0 unspecified atom stereocenters. The van der Waals surface area contributed by atoms with E-state index < -0.39 is 4.92 Å². The van der Waals surface area contributed by atoms with Gasteiger partial charge in [0.15, 0.2) is 0 Å². The van der Waals surface area contributed by atoms with Crippen molar-refractivity contribution in [2.75, 3.05) is 126 Å². The molecule has 60 heavy (non-hydrogen) atoms. The van der Waals surface area contributed by atoms with E-state index in [1.165, 1.54) is 12.1 Å². The Kier molecular flexibility index (Phi) is 18.5. The molecule has 0 bridgehead atoms. The first-order valence-electron chi connectivity index (χ1n) is 19.4. The van der Waals surface area contributed by atoms with Crippen molar-refractivity contribution >= 4 is 46.7 Å². The summed E-state index contributed by atoms with van der Waals surface area (Å²) < 4.78 is 22.0. The number of amides is 2. The van der Waals surface area contributed by atoms with E-state index in [0.717, 1.165) is 5.69 Å². The van der Waals surface area contributed by atoms with Gasteiger partial charge in [-0.25, -0.2) is 0 Å². The average molecular weight is 828 g/mol. The van der Waals surface area contributed by atoms with Gasteiger partial charge in [-0.1, -0.05) is 23.3 Å². The van der Waals surface area contributed by atoms with Crippen molar-refractivity contribution in [3.8, 4) is 0 Å². The number of azide groups is 1. The number of aromatic nitrogens is 3. The van der Waals surface area contributed by atoms with E-state index in [1.54, 1.807) is 48.5 Å². The minimum absolute atomic E-state index is 0.0435. The summed E-state index contributed by atoms with van der Waals surface area (Å²) in [6.45, 7) is 6.65. The van der Waals surface area contributed by atoms with Crippen LogP contribution >= 0.6 is 0 Å². The zero-order valence-electron chi connectivity index (χ0n) is 33.1. The van der Waals surface area contributed by atoms with Crippen LogP contribution in [0.15, 0.2) is 84.0 Å². The number of carbonyl (C=O) groups excluding carboxylic acids is 2. The Bertz CT molecular complexity index is 1980. The lowest BCUT2D eigenvalue weighted by Gasteiger charge is -2.36. The predicted octanol–water partition coefficient (Wildman–Crippen LogP) is 3.80. The zero-order valence-corrected chi connectivity index (χ0v) is 33.1. The normalized spacial score (nSPS) is 12.3. The molecule has 0 saturated carbocycles. The number of carbonyl (C=O) groups is 2. The van der Waals surface area contributed by atoms with Gasteiger partial charge in [0.1, 0.15) is 0 Å². The first-order valence-corrected chi connectivity index (χ1v) is 19.4. The van der Waals surface area contributed by atoms with Crippen LogP contribution in [0.5, 0.6) is 0 Å². The fourth-order valence-electron chi connectivity index (χ4n) is 5.72. The van der Waals surface area contributed by atoms with Crippen LogP contribution in [0.1, 0.15) is 20.7 Å². The summed E-state index contributed by atoms with van der Waals surface area (Å²) in [4.78, 5) is 56.4. The van der Waals surface area contributed by atoms with E-state index in [1.807, 2.05) is 23.1 Å². The molecule has 1 aliphatic heterocycles. The maximum Gasteiger partial charge on any atom is 0.269 e. The lowest BCUT2D eigenvalue weighted by atomic mass is 10.2. The van der Waals surface area contributed by atoms with Gasteiger partial charge in [-0.15, -0.1) is 0 Å². The van der Waals surface area contributed by atoms with Crippen LogP contribution < -0.4 is 31.1 Å². The van der Waals surface area contributed by atoms with Gasteiger partial charge in [0.2, 0.25) is 17.8 Å². The molecule has 1 aliphatic rings. The lowest BCUT2D eigenvalue weighted by Crippen LogP contribution is -2.47. The molecule has 1 fully saturated rings. The fraction of sp³-hybridized carbons (Fsp3) is 0.410. The number of hydrogen-bond donors (Lipinski definition) is 4. The monoisotopic (exact) mass is 827 g/mol. The number of non-ortho nitro benzene ring substituents is 1. The van der Waals surface area contributed by atoms with Gasteiger partial charge in [0, 0.05) is 91.9 Å².